The summed E-state index contributed by atoms with van der Waals surface area (Å²) in [5.74, 6) is -0.0424. The van der Waals surface area contributed by atoms with Gasteiger partial charge in [0.25, 0.3) is 0 Å². The molecule has 0 amide bonds. The van der Waals surface area contributed by atoms with Crippen LogP contribution in [-0.2, 0) is 0 Å². The Morgan fingerprint density at radius 1 is 0.792 bits per heavy atom. The molecule has 5 nitrogen and oxygen atoms in total. The summed E-state index contributed by atoms with van der Waals surface area (Å²) in [6, 6.07) is 9.65. The van der Waals surface area contributed by atoms with Gasteiger partial charge in [-0.3, -0.25) is 0 Å². The van der Waals surface area contributed by atoms with E-state index in [4.69, 9.17) is 57.9 Å². The van der Waals surface area contributed by atoms with Gasteiger partial charge >= 0.3 is 0 Å². The predicted molar refractivity (Wildman–Crippen MR) is 107 cm³/mol. The minimum absolute atomic E-state index is 0. The molecule has 2 aromatic rings. The summed E-state index contributed by atoms with van der Waals surface area (Å²) in [5.41, 5.74) is 12.5. The molecule has 0 bridgehead atoms. The van der Waals surface area contributed by atoms with Crippen molar-refractivity contribution in [2.75, 3.05) is 5.32 Å². The monoisotopic (exact) mass is 425 g/mol. The smallest absolute Gasteiger partial charge is 0.223 e. The first-order valence-corrected chi connectivity index (χ1v) is 7.70. The molecule has 2 rings (SSSR count). The van der Waals surface area contributed by atoms with E-state index in [1.807, 2.05) is 0 Å². The fourth-order valence-electron chi connectivity index (χ4n) is 1.69. The molecule has 0 aromatic heterocycles. The van der Waals surface area contributed by atoms with Gasteiger partial charge < -0.3 is 16.8 Å². The van der Waals surface area contributed by atoms with Crippen molar-refractivity contribution in [3.05, 3.63) is 56.5 Å². The third kappa shape index (κ3) is 6.63. The highest BCUT2D eigenvalue weighted by Gasteiger charge is 2.02. The van der Waals surface area contributed by atoms with Crippen LogP contribution in [0.4, 0.5) is 11.4 Å². The lowest BCUT2D eigenvalue weighted by Gasteiger charge is -2.06. The molecule has 24 heavy (non-hydrogen) atoms. The largest absolute Gasteiger partial charge is 0.369 e. The first-order chi connectivity index (χ1) is 10.8. The predicted octanol–water partition coefficient (Wildman–Crippen LogP) is 5.10. The number of aliphatic imine (C=N–C) groups is 2. The number of nitrogens with zero attached hydrogens (tertiary/aromatic N) is 2. The molecule has 2 aromatic carbocycles. The summed E-state index contributed by atoms with van der Waals surface area (Å²) < 4.78 is 0. The standard InChI is InChI=1S/C14H11Cl4N5.ClH/c15-7-1-8(16)4-11(3-7)21-13(19)23-14(20)22-12-5-9(17)2-10(18)6-12;/h1-6H,(H5,19,20,21,22,23);1H. The molecule has 0 unspecified atom stereocenters. The Labute approximate surface area is 165 Å². The van der Waals surface area contributed by atoms with Gasteiger partial charge in [-0.15, -0.1) is 12.4 Å². The van der Waals surface area contributed by atoms with Gasteiger partial charge in [-0.2, -0.15) is 4.99 Å². The van der Waals surface area contributed by atoms with Crippen molar-refractivity contribution in [3.63, 3.8) is 0 Å². The number of benzene rings is 2. The van der Waals surface area contributed by atoms with E-state index in [-0.39, 0.29) is 24.3 Å². The van der Waals surface area contributed by atoms with Crippen LogP contribution in [0.3, 0.4) is 0 Å². The summed E-state index contributed by atoms with van der Waals surface area (Å²) in [6.07, 6.45) is 0. The maximum atomic E-state index is 5.90. The minimum atomic E-state index is -0.0681. The van der Waals surface area contributed by atoms with E-state index in [1.54, 1.807) is 36.4 Å². The van der Waals surface area contributed by atoms with Gasteiger partial charge in [-0.05, 0) is 36.4 Å². The second-order valence-corrected chi connectivity index (χ2v) is 6.12. The Morgan fingerprint density at radius 3 is 1.75 bits per heavy atom. The topological polar surface area (TPSA) is 88.8 Å². The highest BCUT2D eigenvalue weighted by atomic mass is 35.5. The summed E-state index contributed by atoms with van der Waals surface area (Å²) >= 11 is 23.6. The maximum absolute atomic E-state index is 5.90. The number of hydrogen-bond donors (Lipinski definition) is 3. The molecule has 0 saturated carbocycles. The normalized spacial score (nSPS) is 11.8. The molecular weight excluding hydrogens is 415 g/mol. The number of rotatable bonds is 2. The van der Waals surface area contributed by atoms with E-state index in [0.29, 0.717) is 31.5 Å². The summed E-state index contributed by atoms with van der Waals surface area (Å²) in [5, 5.41) is 4.61. The average molecular weight is 428 g/mol. The molecule has 0 heterocycles. The van der Waals surface area contributed by atoms with Gasteiger partial charge in [0.1, 0.15) is 0 Å². The van der Waals surface area contributed by atoms with Crippen molar-refractivity contribution >= 4 is 82.1 Å². The zero-order chi connectivity index (χ0) is 17.0. The maximum Gasteiger partial charge on any atom is 0.223 e. The SMILES string of the molecule is Cl.NC(=Nc1cc(Cl)cc(Cl)c1)N=C(N)Nc1cc(Cl)cc(Cl)c1. The van der Waals surface area contributed by atoms with Crippen LogP contribution in [0, 0.1) is 0 Å². The van der Waals surface area contributed by atoms with Gasteiger partial charge in [0.2, 0.25) is 11.9 Å². The molecule has 0 aliphatic heterocycles. The van der Waals surface area contributed by atoms with Crippen molar-refractivity contribution in [1.82, 2.24) is 0 Å². The molecule has 0 fully saturated rings. The fourth-order valence-corrected chi connectivity index (χ4v) is 2.73. The van der Waals surface area contributed by atoms with Crippen LogP contribution in [0.5, 0.6) is 0 Å². The van der Waals surface area contributed by atoms with Crippen molar-refractivity contribution < 1.29 is 0 Å². The molecule has 5 N–H and O–H groups in total. The molecule has 0 saturated heterocycles. The third-order valence-corrected chi connectivity index (χ3v) is 3.33. The lowest BCUT2D eigenvalue weighted by Crippen LogP contribution is -2.26. The van der Waals surface area contributed by atoms with E-state index in [1.165, 1.54) is 0 Å². The van der Waals surface area contributed by atoms with E-state index < -0.39 is 0 Å². The van der Waals surface area contributed by atoms with Crippen molar-refractivity contribution in [3.8, 4) is 0 Å². The summed E-state index contributed by atoms with van der Waals surface area (Å²) in [7, 11) is 0. The van der Waals surface area contributed by atoms with E-state index >= 15 is 0 Å². The number of anilines is 1. The fraction of sp³-hybridized carbons (Fsp3) is 0. The van der Waals surface area contributed by atoms with Crippen molar-refractivity contribution in [2.24, 2.45) is 21.5 Å². The van der Waals surface area contributed by atoms with Crippen LogP contribution in [-0.4, -0.2) is 11.9 Å². The minimum Gasteiger partial charge on any atom is -0.369 e. The Hall–Kier alpha value is -1.37. The highest BCUT2D eigenvalue weighted by Crippen LogP contribution is 2.24. The van der Waals surface area contributed by atoms with Gasteiger partial charge in [-0.1, -0.05) is 46.4 Å². The highest BCUT2D eigenvalue weighted by molar-refractivity contribution is 6.35. The second kappa shape index (κ2) is 9.20. The van der Waals surface area contributed by atoms with Crippen LogP contribution in [0.25, 0.3) is 0 Å². The lowest BCUT2D eigenvalue weighted by atomic mass is 10.3. The average Bonchev–Trinajstić information content (AvgIpc) is 2.34. The number of halogens is 5. The van der Waals surface area contributed by atoms with Gasteiger partial charge in [0.15, 0.2) is 0 Å². The van der Waals surface area contributed by atoms with Gasteiger partial charge in [0.05, 0.1) is 5.69 Å². The van der Waals surface area contributed by atoms with Crippen LogP contribution >= 0.6 is 58.8 Å². The molecule has 0 aliphatic carbocycles. The summed E-state index contributed by atoms with van der Waals surface area (Å²) in [4.78, 5) is 7.99. The first kappa shape index (κ1) is 20.7. The Balaban J connectivity index is 0.00000288. The zero-order valence-electron chi connectivity index (χ0n) is 11.9. The molecule has 0 aliphatic rings. The lowest BCUT2D eigenvalue weighted by molar-refractivity contribution is 1.39. The van der Waals surface area contributed by atoms with Gasteiger partial charge in [0, 0.05) is 25.8 Å². The quantitative estimate of drug-likeness (QED) is 0.460. The third-order valence-electron chi connectivity index (χ3n) is 2.46. The molecule has 0 spiro atoms. The van der Waals surface area contributed by atoms with Gasteiger partial charge in [-0.25, -0.2) is 4.99 Å². The molecule has 0 radical (unpaired) electrons. The molecular formula is C14H12Cl5N5. The first-order valence-electron chi connectivity index (χ1n) is 6.19. The molecule has 10 heteroatoms. The van der Waals surface area contributed by atoms with E-state index in [2.05, 4.69) is 15.3 Å². The number of nitrogens with one attached hydrogen (secondary N) is 1. The Kier molecular flexibility index (Phi) is 7.93. The zero-order valence-corrected chi connectivity index (χ0v) is 15.8. The van der Waals surface area contributed by atoms with Crippen LogP contribution in [0.1, 0.15) is 0 Å². The Morgan fingerprint density at radius 2 is 1.25 bits per heavy atom. The molecule has 128 valence electrons. The number of nitrogens with two attached hydrogens (primary N) is 2. The van der Waals surface area contributed by atoms with Crippen LogP contribution in [0.2, 0.25) is 20.1 Å². The van der Waals surface area contributed by atoms with Crippen molar-refractivity contribution in [2.45, 2.75) is 0 Å². The van der Waals surface area contributed by atoms with Crippen LogP contribution in [0.15, 0.2) is 46.4 Å². The van der Waals surface area contributed by atoms with Crippen molar-refractivity contribution in [1.29, 1.82) is 0 Å². The van der Waals surface area contributed by atoms with E-state index in [0.717, 1.165) is 0 Å². The molecule has 0 atom stereocenters. The van der Waals surface area contributed by atoms with Crippen LogP contribution < -0.4 is 16.8 Å². The van der Waals surface area contributed by atoms with E-state index in [9.17, 15) is 0 Å². The number of guanidine groups is 2. The summed E-state index contributed by atoms with van der Waals surface area (Å²) in [6.45, 7) is 0. The number of hydrogen-bond acceptors (Lipinski definition) is 1. The Bertz CT molecular complexity index is 751. The second-order valence-electron chi connectivity index (χ2n) is 4.38.